The van der Waals surface area contributed by atoms with Gasteiger partial charge in [0.05, 0.1) is 16.8 Å². The van der Waals surface area contributed by atoms with Gasteiger partial charge in [-0.2, -0.15) is 17.5 Å². The van der Waals surface area contributed by atoms with Crippen molar-refractivity contribution >= 4 is 26.9 Å². The second-order valence-corrected chi connectivity index (χ2v) is 12.8. The molecular weight excluding hydrogens is 617 g/mol. The van der Waals surface area contributed by atoms with Crippen LogP contribution < -0.4 is 16.6 Å². The average molecular weight is 647 g/mol. The lowest BCUT2D eigenvalue weighted by molar-refractivity contribution is -0.137. The number of furan rings is 1. The first kappa shape index (κ1) is 30.8. The van der Waals surface area contributed by atoms with Crippen molar-refractivity contribution in [3.63, 3.8) is 0 Å². The van der Waals surface area contributed by atoms with Gasteiger partial charge in [-0.05, 0) is 56.0 Å². The van der Waals surface area contributed by atoms with Crippen LogP contribution in [0.4, 0.5) is 13.2 Å². The summed E-state index contributed by atoms with van der Waals surface area (Å²) in [7, 11) is -4.17. The van der Waals surface area contributed by atoms with E-state index in [1.165, 1.54) is 12.3 Å². The van der Waals surface area contributed by atoms with Gasteiger partial charge < -0.3 is 14.5 Å². The molecule has 0 aliphatic carbocycles. The Hall–Kier alpha value is -4.21. The fourth-order valence-electron chi connectivity index (χ4n) is 5.80. The molecule has 11 nitrogen and oxygen atoms in total. The van der Waals surface area contributed by atoms with Crippen molar-refractivity contribution < 1.29 is 35.5 Å². The van der Waals surface area contributed by atoms with Crippen LogP contribution in [-0.4, -0.2) is 53.6 Å². The summed E-state index contributed by atoms with van der Waals surface area (Å²) in [5, 5.41) is 2.95. The first-order valence-corrected chi connectivity index (χ1v) is 15.8. The summed E-state index contributed by atoms with van der Waals surface area (Å²) in [5.74, 6) is -0.642. The molecule has 0 spiro atoms. The molecule has 2 fully saturated rings. The van der Waals surface area contributed by atoms with Crippen molar-refractivity contribution in [2.45, 2.75) is 55.6 Å². The zero-order chi connectivity index (χ0) is 31.9. The lowest BCUT2D eigenvalue weighted by atomic mass is 10.1. The van der Waals surface area contributed by atoms with Gasteiger partial charge in [-0.25, -0.2) is 13.2 Å². The van der Waals surface area contributed by atoms with E-state index in [0.717, 1.165) is 37.7 Å². The maximum absolute atomic E-state index is 13.6. The molecular formula is C30H29F3N4O7S. The quantitative estimate of drug-likeness (QED) is 0.325. The van der Waals surface area contributed by atoms with Gasteiger partial charge in [0.2, 0.25) is 11.0 Å². The van der Waals surface area contributed by atoms with Gasteiger partial charge in [-0.3, -0.25) is 18.7 Å². The van der Waals surface area contributed by atoms with E-state index in [9.17, 15) is 36.0 Å². The van der Waals surface area contributed by atoms with Gasteiger partial charge in [0.15, 0.2) is 0 Å². The fourth-order valence-corrected chi connectivity index (χ4v) is 7.40. The monoisotopic (exact) mass is 646 g/mol. The summed E-state index contributed by atoms with van der Waals surface area (Å²) in [5.41, 5.74) is -1.81. The molecule has 0 saturated carbocycles. The SMILES string of the molecule is O=C(NCc1cn(-c2ccc(C(F)(F)F)cc2)c(=O)n(C2CCOCC2)c1=O)[C@@H]1CCCN1S(=O)(=O)c1cc2ccccc2o1. The molecule has 2 aliphatic rings. The van der Waals surface area contributed by atoms with E-state index in [0.29, 0.717) is 43.4 Å². The summed E-state index contributed by atoms with van der Waals surface area (Å²) >= 11 is 0. The molecule has 2 aliphatic heterocycles. The minimum Gasteiger partial charge on any atom is -0.443 e. The highest BCUT2D eigenvalue weighted by Crippen LogP contribution is 2.31. The van der Waals surface area contributed by atoms with E-state index in [1.54, 1.807) is 24.3 Å². The molecule has 1 N–H and O–H groups in total. The molecule has 4 aromatic rings. The van der Waals surface area contributed by atoms with Crippen molar-refractivity contribution in [2.75, 3.05) is 19.8 Å². The molecule has 0 unspecified atom stereocenters. The third-order valence-electron chi connectivity index (χ3n) is 8.14. The molecule has 1 atom stereocenters. The molecule has 2 aromatic heterocycles. The van der Waals surface area contributed by atoms with E-state index in [2.05, 4.69) is 5.32 Å². The van der Waals surface area contributed by atoms with Crippen LogP contribution >= 0.6 is 0 Å². The number of hydrogen-bond donors (Lipinski definition) is 1. The van der Waals surface area contributed by atoms with Crippen LogP contribution in [0.3, 0.4) is 0 Å². The minimum absolute atomic E-state index is 0.000900. The smallest absolute Gasteiger partial charge is 0.416 e. The van der Waals surface area contributed by atoms with Crippen molar-refractivity contribution in [1.82, 2.24) is 18.8 Å². The number of halogens is 3. The molecule has 0 bridgehead atoms. The summed E-state index contributed by atoms with van der Waals surface area (Å²) < 4.78 is 80.6. The number of aromatic nitrogens is 2. The Morgan fingerprint density at radius 1 is 1.00 bits per heavy atom. The number of sulfonamides is 1. The number of nitrogens with one attached hydrogen (secondary N) is 1. The Morgan fingerprint density at radius 2 is 1.71 bits per heavy atom. The van der Waals surface area contributed by atoms with Gasteiger partial charge in [0.1, 0.15) is 11.6 Å². The van der Waals surface area contributed by atoms with E-state index in [4.69, 9.17) is 9.15 Å². The normalized spacial score (nSPS) is 18.4. The number of para-hydroxylation sites is 1. The Bertz CT molecular complexity index is 1930. The van der Waals surface area contributed by atoms with E-state index in [1.807, 2.05) is 0 Å². The van der Waals surface area contributed by atoms with Crippen LogP contribution in [-0.2, 0) is 32.3 Å². The van der Waals surface area contributed by atoms with Gasteiger partial charge in [0.25, 0.3) is 15.6 Å². The number of nitrogens with zero attached hydrogens (tertiary/aromatic N) is 3. The predicted molar refractivity (Wildman–Crippen MR) is 155 cm³/mol. The highest BCUT2D eigenvalue weighted by atomic mass is 32.2. The number of hydrogen-bond acceptors (Lipinski definition) is 7. The molecule has 6 rings (SSSR count). The first-order valence-electron chi connectivity index (χ1n) is 14.4. The largest absolute Gasteiger partial charge is 0.443 e. The molecule has 0 radical (unpaired) electrons. The van der Waals surface area contributed by atoms with Gasteiger partial charge in [-0.15, -0.1) is 0 Å². The lowest BCUT2D eigenvalue weighted by Crippen LogP contribution is -2.48. The third kappa shape index (κ3) is 5.94. The van der Waals surface area contributed by atoms with Crippen LogP contribution in [0, 0.1) is 0 Å². The number of benzene rings is 2. The Labute approximate surface area is 254 Å². The maximum Gasteiger partial charge on any atom is 0.416 e. The van der Waals surface area contributed by atoms with Crippen LogP contribution in [0.15, 0.2) is 79.9 Å². The Balaban J connectivity index is 1.29. The maximum atomic E-state index is 13.6. The lowest BCUT2D eigenvalue weighted by Gasteiger charge is -2.25. The second kappa shape index (κ2) is 11.9. The van der Waals surface area contributed by atoms with Crippen molar-refractivity contribution in [3.8, 4) is 5.69 Å². The topological polar surface area (TPSA) is 133 Å². The summed E-state index contributed by atoms with van der Waals surface area (Å²) in [6.07, 6.45) is -1.98. The van der Waals surface area contributed by atoms with Crippen molar-refractivity contribution in [1.29, 1.82) is 0 Å². The highest BCUT2D eigenvalue weighted by molar-refractivity contribution is 7.89. The van der Waals surface area contributed by atoms with Crippen LogP contribution in [0.25, 0.3) is 16.7 Å². The molecule has 238 valence electrons. The number of rotatable bonds is 7. The van der Waals surface area contributed by atoms with Gasteiger partial charge in [-0.1, -0.05) is 18.2 Å². The fraction of sp³-hybridized carbons (Fsp3) is 0.367. The third-order valence-corrected chi connectivity index (χ3v) is 9.91. The van der Waals surface area contributed by atoms with Crippen LogP contribution in [0.2, 0.25) is 0 Å². The molecule has 2 aromatic carbocycles. The number of ether oxygens (including phenoxy) is 1. The standard InChI is InChI=1S/C30H29F3N4O7S/c31-30(32,33)21-7-9-22(10-8-21)35-18-20(28(39)37(29(35)40)23-11-14-43-15-12-23)17-34-27(38)24-5-3-13-36(24)45(41,42)26-16-19-4-1-2-6-25(19)44-26/h1-2,4,6-10,16,18,23-24H,3,5,11-15,17H2,(H,34,38)/t24-/m0/s1. The minimum atomic E-state index is -4.58. The zero-order valence-corrected chi connectivity index (χ0v) is 24.6. The van der Waals surface area contributed by atoms with E-state index >= 15 is 0 Å². The second-order valence-electron chi connectivity index (χ2n) is 11.0. The number of alkyl halides is 3. The van der Waals surface area contributed by atoms with Crippen LogP contribution in [0.1, 0.15) is 42.9 Å². The highest BCUT2D eigenvalue weighted by Gasteiger charge is 2.41. The van der Waals surface area contributed by atoms with Crippen molar-refractivity contribution in [3.05, 3.63) is 92.8 Å². The van der Waals surface area contributed by atoms with E-state index < -0.39 is 51.0 Å². The summed E-state index contributed by atoms with van der Waals surface area (Å²) in [6.45, 7) is 0.369. The Morgan fingerprint density at radius 3 is 2.40 bits per heavy atom. The predicted octanol–water partition coefficient (Wildman–Crippen LogP) is 3.59. The number of fused-ring (bicyclic) bond motifs is 1. The molecule has 4 heterocycles. The first-order chi connectivity index (χ1) is 21.4. The Kier molecular flexibility index (Phi) is 8.18. The molecule has 45 heavy (non-hydrogen) atoms. The number of carbonyl (C=O) groups is 1. The number of amides is 1. The summed E-state index contributed by atoms with van der Waals surface area (Å²) in [6, 6.07) is 10.6. The molecule has 1 amide bonds. The summed E-state index contributed by atoms with van der Waals surface area (Å²) in [4.78, 5) is 40.5. The van der Waals surface area contributed by atoms with E-state index in [-0.39, 0.29) is 35.9 Å². The average Bonchev–Trinajstić information content (AvgIpc) is 3.70. The van der Waals surface area contributed by atoms with Crippen LogP contribution in [0.5, 0.6) is 0 Å². The molecule has 2 saturated heterocycles. The molecule has 15 heteroatoms. The zero-order valence-electron chi connectivity index (χ0n) is 23.8. The number of carbonyl (C=O) groups excluding carboxylic acids is 1. The van der Waals surface area contributed by atoms with Crippen molar-refractivity contribution in [2.24, 2.45) is 0 Å². The van der Waals surface area contributed by atoms with Gasteiger partial charge >= 0.3 is 11.9 Å². The van der Waals surface area contributed by atoms with Gasteiger partial charge in [0, 0.05) is 50.0 Å².